The van der Waals surface area contributed by atoms with Gasteiger partial charge in [-0.2, -0.15) is 0 Å². The van der Waals surface area contributed by atoms with Gasteiger partial charge in [0.05, 0.1) is 6.61 Å². The van der Waals surface area contributed by atoms with Crippen LogP contribution in [-0.4, -0.2) is 25.1 Å². The first kappa shape index (κ1) is 23.5. The molecule has 6 heteroatoms. The summed E-state index contributed by atoms with van der Waals surface area (Å²) in [5.74, 6) is -0.150. The number of rotatable bonds is 10. The van der Waals surface area contributed by atoms with Crippen molar-refractivity contribution in [1.82, 2.24) is 0 Å². The summed E-state index contributed by atoms with van der Waals surface area (Å²) in [6.45, 7) is 6.10. The molecule has 1 aromatic heterocycles. The highest BCUT2D eigenvalue weighted by Gasteiger charge is 2.23. The van der Waals surface area contributed by atoms with E-state index in [0.717, 1.165) is 30.4 Å². The van der Waals surface area contributed by atoms with Crippen LogP contribution in [0.25, 0.3) is 11.1 Å². The Kier molecular flexibility index (Phi) is 8.45. The number of nitrogens with one attached hydrogen (secondary N) is 1. The third-order valence-corrected chi connectivity index (χ3v) is 5.92. The molecule has 2 aromatic carbocycles. The highest BCUT2D eigenvalue weighted by molar-refractivity contribution is 7.15. The molecule has 5 nitrogen and oxygen atoms in total. The summed E-state index contributed by atoms with van der Waals surface area (Å²) in [7, 11) is 0. The van der Waals surface area contributed by atoms with Crippen LogP contribution in [0.4, 0.5) is 5.00 Å². The van der Waals surface area contributed by atoms with E-state index in [1.807, 2.05) is 53.9 Å². The Morgan fingerprint density at radius 3 is 2.25 bits per heavy atom. The second-order valence-corrected chi connectivity index (χ2v) is 8.23. The van der Waals surface area contributed by atoms with Crippen molar-refractivity contribution in [3.63, 3.8) is 0 Å². The van der Waals surface area contributed by atoms with Gasteiger partial charge in [0.1, 0.15) is 16.3 Å². The first-order chi connectivity index (χ1) is 15.5. The van der Waals surface area contributed by atoms with E-state index < -0.39 is 5.97 Å². The van der Waals surface area contributed by atoms with Crippen molar-refractivity contribution in [2.24, 2.45) is 0 Å². The van der Waals surface area contributed by atoms with Crippen LogP contribution in [0.5, 0.6) is 5.75 Å². The van der Waals surface area contributed by atoms with Crippen molar-refractivity contribution in [3.05, 3.63) is 70.6 Å². The monoisotopic (exact) mass is 451 g/mol. The number of carbonyl (C=O) groups excluding carboxylic acids is 2. The van der Waals surface area contributed by atoms with Gasteiger partial charge < -0.3 is 14.8 Å². The van der Waals surface area contributed by atoms with Crippen molar-refractivity contribution in [3.8, 4) is 16.9 Å². The van der Waals surface area contributed by atoms with E-state index >= 15 is 0 Å². The molecule has 1 amide bonds. The van der Waals surface area contributed by atoms with Gasteiger partial charge >= 0.3 is 5.97 Å². The Balaban J connectivity index is 1.73. The van der Waals surface area contributed by atoms with Gasteiger partial charge in [-0.1, -0.05) is 56.7 Å². The average Bonchev–Trinajstić information content (AvgIpc) is 3.22. The van der Waals surface area contributed by atoms with Crippen LogP contribution in [0.2, 0.25) is 0 Å². The molecule has 1 heterocycles. The number of hydrogen-bond acceptors (Lipinski definition) is 5. The molecule has 168 valence electrons. The molecule has 0 unspecified atom stereocenters. The molecular weight excluding hydrogens is 422 g/mol. The Hall–Kier alpha value is -3.12. The van der Waals surface area contributed by atoms with Crippen molar-refractivity contribution in [2.75, 3.05) is 18.5 Å². The lowest BCUT2D eigenvalue weighted by molar-refractivity contribution is -0.118. The molecule has 1 N–H and O–H groups in total. The molecule has 0 aliphatic carbocycles. The van der Waals surface area contributed by atoms with E-state index in [4.69, 9.17) is 9.47 Å². The van der Waals surface area contributed by atoms with Gasteiger partial charge in [-0.15, -0.1) is 11.3 Å². The summed E-state index contributed by atoms with van der Waals surface area (Å²) >= 11 is 1.30. The number of amides is 1. The second-order valence-electron chi connectivity index (χ2n) is 7.36. The number of benzene rings is 2. The third kappa shape index (κ3) is 5.98. The predicted molar refractivity (Wildman–Crippen MR) is 130 cm³/mol. The number of anilines is 1. The van der Waals surface area contributed by atoms with E-state index in [2.05, 4.69) is 19.2 Å². The zero-order valence-corrected chi connectivity index (χ0v) is 19.6. The fraction of sp³-hybridized carbons (Fsp3) is 0.308. The Labute approximate surface area is 193 Å². The molecule has 0 saturated heterocycles. The number of aryl methyl sites for hydroxylation is 2. The largest absolute Gasteiger partial charge is 0.484 e. The summed E-state index contributed by atoms with van der Waals surface area (Å²) in [5.41, 5.74) is 4.49. The minimum Gasteiger partial charge on any atom is -0.484 e. The van der Waals surface area contributed by atoms with Gasteiger partial charge in [-0.05, 0) is 48.6 Å². The number of hydrogen-bond donors (Lipinski definition) is 1. The summed E-state index contributed by atoms with van der Waals surface area (Å²) in [5, 5.41) is 5.15. The zero-order chi connectivity index (χ0) is 22.9. The molecule has 0 bridgehead atoms. The van der Waals surface area contributed by atoms with Gasteiger partial charge in [0, 0.05) is 10.9 Å². The summed E-state index contributed by atoms with van der Waals surface area (Å²) < 4.78 is 10.9. The van der Waals surface area contributed by atoms with E-state index in [1.165, 1.54) is 22.5 Å². The number of carbonyl (C=O) groups is 2. The standard InChI is InChI=1S/C26H29NO4S/c1-4-7-19-10-14-21(15-11-19)31-16-23(28)27-25-24(26(29)30-6-3)22(17-32-25)20-12-8-18(5-2)9-13-20/h8-15,17H,4-7,16H2,1-3H3,(H,27,28). The summed E-state index contributed by atoms with van der Waals surface area (Å²) in [6.07, 6.45) is 3.04. The Morgan fingerprint density at radius 2 is 1.62 bits per heavy atom. The van der Waals surface area contributed by atoms with Crippen molar-refractivity contribution in [1.29, 1.82) is 0 Å². The molecule has 32 heavy (non-hydrogen) atoms. The van der Waals surface area contributed by atoms with E-state index in [-0.39, 0.29) is 19.1 Å². The predicted octanol–water partition coefficient (Wildman–Crippen LogP) is 6.12. The average molecular weight is 452 g/mol. The van der Waals surface area contributed by atoms with Crippen molar-refractivity contribution in [2.45, 2.75) is 40.0 Å². The van der Waals surface area contributed by atoms with Crippen LogP contribution in [0.1, 0.15) is 48.7 Å². The van der Waals surface area contributed by atoms with Gasteiger partial charge in [-0.25, -0.2) is 4.79 Å². The number of ether oxygens (including phenoxy) is 2. The molecule has 0 radical (unpaired) electrons. The first-order valence-corrected chi connectivity index (χ1v) is 11.8. The van der Waals surface area contributed by atoms with Crippen molar-refractivity contribution < 1.29 is 19.1 Å². The molecular formula is C26H29NO4S. The van der Waals surface area contributed by atoms with Crippen molar-refractivity contribution >= 4 is 28.2 Å². The van der Waals surface area contributed by atoms with Gasteiger partial charge in [-0.3, -0.25) is 4.79 Å². The lowest BCUT2D eigenvalue weighted by Crippen LogP contribution is -2.21. The fourth-order valence-electron chi connectivity index (χ4n) is 3.34. The molecule has 3 rings (SSSR count). The molecule has 0 spiro atoms. The number of thiophene rings is 1. The second kappa shape index (κ2) is 11.5. The normalized spacial score (nSPS) is 10.6. The highest BCUT2D eigenvalue weighted by atomic mass is 32.1. The van der Waals surface area contributed by atoms with E-state index in [1.54, 1.807) is 6.92 Å². The molecule has 3 aromatic rings. The third-order valence-electron chi connectivity index (χ3n) is 5.03. The van der Waals surface area contributed by atoms with Gasteiger partial charge in [0.25, 0.3) is 5.91 Å². The maximum absolute atomic E-state index is 12.7. The van der Waals surface area contributed by atoms with Crippen LogP contribution in [-0.2, 0) is 22.4 Å². The summed E-state index contributed by atoms with van der Waals surface area (Å²) in [4.78, 5) is 25.2. The molecule has 0 atom stereocenters. The molecule has 0 aliphatic rings. The van der Waals surface area contributed by atoms with Crippen LogP contribution in [0.15, 0.2) is 53.9 Å². The quantitative estimate of drug-likeness (QED) is 0.377. The fourth-order valence-corrected chi connectivity index (χ4v) is 4.31. The lowest BCUT2D eigenvalue weighted by atomic mass is 10.0. The minimum atomic E-state index is -0.453. The lowest BCUT2D eigenvalue weighted by Gasteiger charge is -2.10. The van der Waals surface area contributed by atoms with E-state index in [0.29, 0.717) is 16.3 Å². The van der Waals surface area contributed by atoms with Crippen LogP contribution >= 0.6 is 11.3 Å². The van der Waals surface area contributed by atoms with Gasteiger partial charge in [0.2, 0.25) is 0 Å². The maximum Gasteiger partial charge on any atom is 0.341 e. The molecule has 0 aliphatic heterocycles. The molecule has 0 fully saturated rings. The summed E-state index contributed by atoms with van der Waals surface area (Å²) in [6, 6.07) is 15.8. The smallest absolute Gasteiger partial charge is 0.341 e. The van der Waals surface area contributed by atoms with Crippen LogP contribution in [0.3, 0.4) is 0 Å². The Bertz CT molecular complexity index is 1040. The zero-order valence-electron chi connectivity index (χ0n) is 18.8. The first-order valence-electron chi connectivity index (χ1n) is 10.9. The van der Waals surface area contributed by atoms with Crippen LogP contribution < -0.4 is 10.1 Å². The topological polar surface area (TPSA) is 64.6 Å². The van der Waals surface area contributed by atoms with Gasteiger partial charge in [0.15, 0.2) is 6.61 Å². The van der Waals surface area contributed by atoms with Crippen LogP contribution in [0, 0.1) is 0 Å². The van der Waals surface area contributed by atoms with E-state index in [9.17, 15) is 9.59 Å². The highest BCUT2D eigenvalue weighted by Crippen LogP contribution is 2.36. The number of esters is 1. The Morgan fingerprint density at radius 1 is 0.938 bits per heavy atom. The maximum atomic E-state index is 12.7. The SMILES string of the molecule is CCCc1ccc(OCC(=O)Nc2scc(-c3ccc(CC)cc3)c2C(=O)OCC)cc1. The molecule has 0 saturated carbocycles. The minimum absolute atomic E-state index is 0.145.